The van der Waals surface area contributed by atoms with Crippen LogP contribution in [-0.2, 0) is 0 Å². The molecule has 3 fully saturated rings. The number of halogens is 1. The van der Waals surface area contributed by atoms with Crippen LogP contribution in [-0.4, -0.2) is 14.2 Å². The number of hydrogen-bond acceptors (Lipinski definition) is 3. The highest BCUT2D eigenvalue weighted by molar-refractivity contribution is 6.31. The molecule has 5 atom stereocenters. The van der Waals surface area contributed by atoms with Gasteiger partial charge in [0.2, 0.25) is 0 Å². The van der Waals surface area contributed by atoms with Crippen molar-refractivity contribution in [3.63, 3.8) is 0 Å². The van der Waals surface area contributed by atoms with Crippen molar-refractivity contribution in [2.45, 2.75) is 25.3 Å². The first-order valence-electron chi connectivity index (χ1n) is 7.82. The molecule has 1 aromatic carbocycles. The van der Waals surface area contributed by atoms with E-state index in [0.29, 0.717) is 22.4 Å². The van der Waals surface area contributed by atoms with Crippen LogP contribution in [0.1, 0.15) is 30.9 Å². The molecule has 21 heavy (non-hydrogen) atoms. The van der Waals surface area contributed by atoms with Gasteiger partial charge in [-0.2, -0.15) is 0 Å². The van der Waals surface area contributed by atoms with E-state index in [9.17, 15) is 0 Å². The van der Waals surface area contributed by atoms with Crippen LogP contribution in [0.2, 0.25) is 5.02 Å². The fraction of sp³-hybridized carbons (Fsp3) is 0.647. The summed E-state index contributed by atoms with van der Waals surface area (Å²) in [6.45, 7) is 0. The van der Waals surface area contributed by atoms with Gasteiger partial charge in [0.25, 0.3) is 0 Å². The minimum Gasteiger partial charge on any atom is -0.493 e. The fourth-order valence-electron chi connectivity index (χ4n) is 5.21. The Kier molecular flexibility index (Phi) is 3.13. The molecule has 1 aromatic rings. The topological polar surface area (TPSA) is 44.5 Å². The van der Waals surface area contributed by atoms with E-state index in [2.05, 4.69) is 0 Å². The second-order valence-corrected chi connectivity index (χ2v) is 7.23. The number of ether oxygens (including phenoxy) is 2. The van der Waals surface area contributed by atoms with Crippen LogP contribution < -0.4 is 15.2 Å². The van der Waals surface area contributed by atoms with Gasteiger partial charge in [0.05, 0.1) is 14.2 Å². The smallest absolute Gasteiger partial charge is 0.162 e. The van der Waals surface area contributed by atoms with Gasteiger partial charge in [-0.3, -0.25) is 0 Å². The summed E-state index contributed by atoms with van der Waals surface area (Å²) in [6.07, 6.45) is 4.27. The van der Waals surface area contributed by atoms with Crippen molar-refractivity contribution in [3.8, 4) is 11.5 Å². The van der Waals surface area contributed by atoms with Gasteiger partial charge in [-0.05, 0) is 60.5 Å². The van der Waals surface area contributed by atoms with Gasteiger partial charge < -0.3 is 15.2 Å². The average molecular weight is 308 g/mol. The third-order valence-electron chi connectivity index (χ3n) is 6.07. The highest BCUT2D eigenvalue weighted by atomic mass is 35.5. The molecule has 3 aliphatic carbocycles. The van der Waals surface area contributed by atoms with Gasteiger partial charge in [0, 0.05) is 17.1 Å². The lowest BCUT2D eigenvalue weighted by Crippen LogP contribution is -2.18. The lowest BCUT2D eigenvalue weighted by atomic mass is 9.93. The van der Waals surface area contributed by atoms with Crippen molar-refractivity contribution in [1.82, 2.24) is 0 Å². The standard InChI is InChI=1S/C17H22ClNO2/c1-20-12-6-10(11(18)7-13(12)21-2)17(19)16-14-8-3-4-9(5-8)15(14)16/h6-9,14-17H,3-5,19H2,1-2H3. The Hall–Kier alpha value is -0.930. The minimum absolute atomic E-state index is 0.0238. The Morgan fingerprint density at radius 3 is 2.24 bits per heavy atom. The van der Waals surface area contributed by atoms with Crippen LogP contribution >= 0.6 is 11.6 Å². The molecule has 0 aromatic heterocycles. The van der Waals surface area contributed by atoms with Crippen LogP contribution in [0.4, 0.5) is 0 Å². The molecule has 0 amide bonds. The zero-order valence-corrected chi connectivity index (χ0v) is 13.3. The highest BCUT2D eigenvalue weighted by Gasteiger charge is 2.66. The third kappa shape index (κ3) is 1.90. The lowest BCUT2D eigenvalue weighted by Gasteiger charge is -2.19. The van der Waals surface area contributed by atoms with Gasteiger partial charge in [0.15, 0.2) is 11.5 Å². The van der Waals surface area contributed by atoms with Crippen LogP contribution in [0.5, 0.6) is 11.5 Å². The van der Waals surface area contributed by atoms with E-state index >= 15 is 0 Å². The Morgan fingerprint density at radius 1 is 1.10 bits per heavy atom. The van der Waals surface area contributed by atoms with Gasteiger partial charge >= 0.3 is 0 Å². The molecule has 0 aliphatic heterocycles. The number of nitrogens with two attached hydrogens (primary N) is 1. The third-order valence-corrected chi connectivity index (χ3v) is 6.40. The van der Waals surface area contributed by atoms with Crippen LogP contribution in [0.25, 0.3) is 0 Å². The summed E-state index contributed by atoms with van der Waals surface area (Å²) < 4.78 is 10.7. The number of fused-ring (bicyclic) bond motifs is 5. The van der Waals surface area contributed by atoms with Crippen molar-refractivity contribution in [2.75, 3.05) is 14.2 Å². The Morgan fingerprint density at radius 2 is 1.67 bits per heavy atom. The molecule has 5 unspecified atom stereocenters. The molecule has 0 spiro atoms. The first-order chi connectivity index (χ1) is 10.2. The van der Waals surface area contributed by atoms with E-state index in [1.54, 1.807) is 14.2 Å². The Labute approximate surface area is 130 Å². The van der Waals surface area contributed by atoms with E-state index < -0.39 is 0 Å². The largest absolute Gasteiger partial charge is 0.493 e. The maximum absolute atomic E-state index is 6.58. The van der Waals surface area contributed by atoms with Crippen molar-refractivity contribution < 1.29 is 9.47 Å². The van der Waals surface area contributed by atoms with Crippen LogP contribution in [0.3, 0.4) is 0 Å². The summed E-state index contributed by atoms with van der Waals surface area (Å²) in [6, 6.07) is 3.81. The second-order valence-electron chi connectivity index (χ2n) is 6.82. The molecular formula is C17H22ClNO2. The number of methoxy groups -OCH3 is 2. The highest BCUT2D eigenvalue weighted by Crippen LogP contribution is 2.72. The summed E-state index contributed by atoms with van der Waals surface area (Å²) in [5.41, 5.74) is 7.59. The zero-order valence-electron chi connectivity index (χ0n) is 12.5. The molecule has 0 radical (unpaired) electrons. The summed E-state index contributed by atoms with van der Waals surface area (Å²) >= 11 is 6.43. The first-order valence-corrected chi connectivity index (χ1v) is 8.20. The molecule has 114 valence electrons. The molecule has 0 saturated heterocycles. The van der Waals surface area contributed by atoms with Gasteiger partial charge in [-0.15, -0.1) is 0 Å². The molecule has 2 N–H and O–H groups in total. The average Bonchev–Trinajstić information content (AvgIpc) is 2.93. The summed E-state index contributed by atoms with van der Waals surface area (Å²) in [7, 11) is 3.27. The molecule has 4 rings (SSSR count). The SMILES string of the molecule is COc1cc(Cl)c(C(N)C2C3C4CCC(C4)C32)cc1OC. The van der Waals surface area contributed by atoms with Crippen LogP contribution in [0.15, 0.2) is 12.1 Å². The maximum atomic E-state index is 6.58. The maximum Gasteiger partial charge on any atom is 0.162 e. The van der Waals surface area contributed by atoms with E-state index in [1.165, 1.54) is 19.3 Å². The first kappa shape index (κ1) is 13.7. The predicted molar refractivity (Wildman–Crippen MR) is 82.8 cm³/mol. The van der Waals surface area contributed by atoms with E-state index in [1.807, 2.05) is 12.1 Å². The minimum atomic E-state index is 0.0238. The lowest BCUT2D eigenvalue weighted by molar-refractivity contribution is 0.353. The predicted octanol–water partition coefficient (Wildman–Crippen LogP) is 3.65. The molecule has 3 aliphatic rings. The van der Waals surface area contributed by atoms with Crippen molar-refractivity contribution in [1.29, 1.82) is 0 Å². The van der Waals surface area contributed by atoms with Gasteiger partial charge in [0.1, 0.15) is 0 Å². The summed E-state index contributed by atoms with van der Waals surface area (Å²) in [4.78, 5) is 0. The molecule has 2 bridgehead atoms. The van der Waals surface area contributed by atoms with E-state index in [0.717, 1.165) is 29.2 Å². The van der Waals surface area contributed by atoms with Gasteiger partial charge in [-0.25, -0.2) is 0 Å². The normalized spacial score (nSPS) is 37.2. The zero-order chi connectivity index (χ0) is 14.7. The molecule has 0 heterocycles. The molecular weight excluding hydrogens is 286 g/mol. The molecule has 3 nitrogen and oxygen atoms in total. The van der Waals surface area contributed by atoms with Crippen molar-refractivity contribution in [2.24, 2.45) is 35.3 Å². The van der Waals surface area contributed by atoms with Crippen LogP contribution in [0, 0.1) is 29.6 Å². The summed E-state index contributed by atoms with van der Waals surface area (Å²) in [5.74, 6) is 5.54. The van der Waals surface area contributed by atoms with E-state index in [4.69, 9.17) is 26.8 Å². The fourth-order valence-corrected chi connectivity index (χ4v) is 5.49. The Balaban J connectivity index is 1.62. The number of benzene rings is 1. The monoisotopic (exact) mass is 307 g/mol. The Bertz CT molecular complexity index is 560. The molecule has 3 saturated carbocycles. The summed E-state index contributed by atoms with van der Waals surface area (Å²) in [5, 5.41) is 0.692. The quantitative estimate of drug-likeness (QED) is 0.923. The van der Waals surface area contributed by atoms with Crippen molar-refractivity contribution in [3.05, 3.63) is 22.7 Å². The second kappa shape index (κ2) is 4.79. The van der Waals surface area contributed by atoms with Gasteiger partial charge in [-0.1, -0.05) is 11.6 Å². The van der Waals surface area contributed by atoms with Crippen molar-refractivity contribution >= 4 is 11.6 Å². The molecule has 4 heteroatoms. The number of hydrogen-bond donors (Lipinski definition) is 1. The number of rotatable bonds is 4. The van der Waals surface area contributed by atoms with E-state index in [-0.39, 0.29) is 6.04 Å².